The smallest absolute Gasteiger partial charge is 0.321 e. The molecule has 3 N–H and O–H groups in total. The minimum atomic E-state index is -3.53. The number of rotatable bonds is 8. The molecule has 0 aromatic heterocycles. The molecule has 14 heteroatoms. The van der Waals surface area contributed by atoms with Crippen molar-refractivity contribution in [2.24, 2.45) is 5.92 Å². The van der Waals surface area contributed by atoms with Crippen LogP contribution in [0.1, 0.15) is 85.8 Å². The van der Waals surface area contributed by atoms with Gasteiger partial charge >= 0.3 is 6.03 Å². The number of carbonyl (C=O) groups excluding carboxylic acids is 5. The second kappa shape index (κ2) is 13.9. The molecule has 6 amide bonds. The van der Waals surface area contributed by atoms with Crippen LogP contribution in [-0.4, -0.2) is 83.4 Å². The zero-order valence-electron chi connectivity index (χ0n) is 28.0. The van der Waals surface area contributed by atoms with Crippen LogP contribution in [0.15, 0.2) is 42.5 Å². The number of fused-ring (bicyclic) bond motifs is 1. The summed E-state index contributed by atoms with van der Waals surface area (Å²) in [5.74, 6) is -1.62. The van der Waals surface area contributed by atoms with Crippen molar-refractivity contribution >= 4 is 45.4 Å². The zero-order valence-corrected chi connectivity index (χ0v) is 28.8. The van der Waals surface area contributed by atoms with Gasteiger partial charge in [-0.1, -0.05) is 30.7 Å². The van der Waals surface area contributed by atoms with Gasteiger partial charge in [0.2, 0.25) is 27.7 Å². The maximum Gasteiger partial charge on any atom is 0.321 e. The summed E-state index contributed by atoms with van der Waals surface area (Å²) in [5.41, 5.74) is 2.75. The largest absolute Gasteiger partial charge is 0.352 e. The topological polar surface area (TPSA) is 165 Å². The van der Waals surface area contributed by atoms with Gasteiger partial charge in [0.05, 0.1) is 5.75 Å². The Labute approximate surface area is 286 Å². The lowest BCUT2D eigenvalue weighted by Crippen LogP contribution is -2.52. The number of nitrogens with one attached hydrogen (secondary N) is 3. The normalized spacial score (nSPS) is 21.7. The lowest BCUT2D eigenvalue weighted by molar-refractivity contribution is -0.137. The standard InChI is InChI=1S/C35H44N6O7S/c1-35(2)15-3-4-16-41(35)49(47,48)22-23-7-5-9-26(19-23)37-34(46)39-17-13-24(14-18-39)31(43)36-20-25-8-6-10-27-28(25)21-40(33(27)45)29-11-12-30(42)38-32(29)44/h5-10,19,24,29H,3-4,11-18,20-22H2,1-2H3,(H,36,43)(H,37,46)(H,38,42,44). The van der Waals surface area contributed by atoms with Gasteiger partial charge < -0.3 is 20.4 Å². The van der Waals surface area contributed by atoms with E-state index in [0.29, 0.717) is 49.3 Å². The van der Waals surface area contributed by atoms with Crippen LogP contribution in [0.5, 0.6) is 0 Å². The Morgan fingerprint density at radius 1 is 0.980 bits per heavy atom. The van der Waals surface area contributed by atoms with Gasteiger partial charge in [-0.15, -0.1) is 0 Å². The van der Waals surface area contributed by atoms with Crippen molar-refractivity contribution in [2.75, 3.05) is 25.0 Å². The molecule has 13 nitrogen and oxygen atoms in total. The predicted molar refractivity (Wildman–Crippen MR) is 181 cm³/mol. The van der Waals surface area contributed by atoms with E-state index in [-0.39, 0.29) is 61.4 Å². The van der Waals surface area contributed by atoms with E-state index in [1.807, 2.05) is 19.9 Å². The van der Waals surface area contributed by atoms with Gasteiger partial charge in [-0.2, -0.15) is 4.31 Å². The summed E-state index contributed by atoms with van der Waals surface area (Å²) in [6, 6.07) is 11.2. The summed E-state index contributed by atoms with van der Waals surface area (Å²) < 4.78 is 28.2. The molecule has 1 unspecified atom stereocenters. The van der Waals surface area contributed by atoms with E-state index < -0.39 is 27.5 Å². The monoisotopic (exact) mass is 692 g/mol. The molecule has 0 spiro atoms. The summed E-state index contributed by atoms with van der Waals surface area (Å²) in [4.78, 5) is 66.5. The van der Waals surface area contributed by atoms with Gasteiger partial charge in [-0.25, -0.2) is 13.2 Å². The van der Waals surface area contributed by atoms with Crippen molar-refractivity contribution in [1.29, 1.82) is 0 Å². The second-order valence-corrected chi connectivity index (χ2v) is 15.9. The van der Waals surface area contributed by atoms with Crippen LogP contribution in [0.3, 0.4) is 0 Å². The SMILES string of the molecule is CC1(C)CCCCN1S(=O)(=O)Cc1cccc(NC(=O)N2CCC(C(=O)NCc3cccc4c3CN(C3CCC(=O)NC3=O)C4=O)CC2)c1. The first kappa shape index (κ1) is 34.6. The maximum atomic E-state index is 13.3. The van der Waals surface area contributed by atoms with Crippen LogP contribution < -0.4 is 16.0 Å². The number of amides is 6. The van der Waals surface area contributed by atoms with E-state index in [9.17, 15) is 32.4 Å². The Bertz CT molecular complexity index is 1770. The van der Waals surface area contributed by atoms with Crippen LogP contribution in [-0.2, 0) is 43.2 Å². The molecule has 2 aromatic rings. The highest BCUT2D eigenvalue weighted by Crippen LogP contribution is 2.32. The molecule has 3 fully saturated rings. The molecule has 4 aliphatic heterocycles. The zero-order chi connectivity index (χ0) is 34.9. The van der Waals surface area contributed by atoms with Crippen molar-refractivity contribution in [3.63, 3.8) is 0 Å². The number of benzene rings is 2. The molecule has 2 aromatic carbocycles. The van der Waals surface area contributed by atoms with E-state index in [0.717, 1.165) is 30.4 Å². The number of hydrogen-bond acceptors (Lipinski definition) is 7. The van der Waals surface area contributed by atoms with Gasteiger partial charge in [0.15, 0.2) is 0 Å². The molecule has 1 atom stereocenters. The fourth-order valence-corrected chi connectivity index (χ4v) is 9.48. The summed E-state index contributed by atoms with van der Waals surface area (Å²) in [6.07, 6.45) is 4.11. The second-order valence-electron chi connectivity index (χ2n) is 14.1. The molecule has 0 bridgehead atoms. The summed E-state index contributed by atoms with van der Waals surface area (Å²) in [6.45, 7) is 5.67. The van der Waals surface area contributed by atoms with Crippen LogP contribution in [0.4, 0.5) is 10.5 Å². The molecule has 3 saturated heterocycles. The fourth-order valence-electron chi connectivity index (χ4n) is 7.47. The van der Waals surface area contributed by atoms with E-state index in [1.54, 1.807) is 45.6 Å². The van der Waals surface area contributed by atoms with Gasteiger partial charge in [-0.05, 0) is 80.8 Å². The van der Waals surface area contributed by atoms with E-state index in [2.05, 4.69) is 16.0 Å². The van der Waals surface area contributed by atoms with Gasteiger partial charge in [0.1, 0.15) is 6.04 Å². The molecule has 49 heavy (non-hydrogen) atoms. The van der Waals surface area contributed by atoms with Crippen molar-refractivity contribution in [1.82, 2.24) is 24.7 Å². The third-order valence-electron chi connectivity index (χ3n) is 10.2. The van der Waals surface area contributed by atoms with Gasteiger partial charge in [-0.3, -0.25) is 24.5 Å². The van der Waals surface area contributed by atoms with Crippen LogP contribution in [0.25, 0.3) is 0 Å². The van der Waals surface area contributed by atoms with Gasteiger partial charge in [0, 0.05) is 61.9 Å². The average Bonchev–Trinajstić information content (AvgIpc) is 3.39. The molecule has 0 aliphatic carbocycles. The molecular formula is C35H44N6O7S. The predicted octanol–water partition coefficient (Wildman–Crippen LogP) is 3.10. The molecular weight excluding hydrogens is 648 g/mol. The number of hydrogen-bond donors (Lipinski definition) is 3. The summed E-state index contributed by atoms with van der Waals surface area (Å²) in [5, 5.41) is 8.19. The van der Waals surface area contributed by atoms with Gasteiger partial charge in [0.25, 0.3) is 5.91 Å². The third-order valence-corrected chi connectivity index (χ3v) is 12.3. The highest BCUT2D eigenvalue weighted by atomic mass is 32.2. The Balaban J connectivity index is 0.990. The van der Waals surface area contributed by atoms with E-state index >= 15 is 0 Å². The lowest BCUT2D eigenvalue weighted by Gasteiger charge is -2.41. The first-order valence-electron chi connectivity index (χ1n) is 17.0. The molecule has 4 aliphatic rings. The van der Waals surface area contributed by atoms with Crippen LogP contribution in [0, 0.1) is 5.92 Å². The first-order valence-corrected chi connectivity index (χ1v) is 18.6. The first-order chi connectivity index (χ1) is 23.3. The van der Waals surface area contributed by atoms with Crippen molar-refractivity contribution in [2.45, 2.75) is 89.2 Å². The van der Waals surface area contributed by atoms with Crippen molar-refractivity contribution < 1.29 is 32.4 Å². The minimum Gasteiger partial charge on any atom is -0.352 e. The van der Waals surface area contributed by atoms with E-state index in [4.69, 9.17) is 0 Å². The number of anilines is 1. The van der Waals surface area contributed by atoms with Crippen LogP contribution >= 0.6 is 0 Å². The van der Waals surface area contributed by atoms with Crippen molar-refractivity contribution in [3.05, 3.63) is 64.7 Å². The highest BCUT2D eigenvalue weighted by molar-refractivity contribution is 7.88. The molecule has 4 heterocycles. The lowest BCUT2D eigenvalue weighted by atomic mass is 9.93. The Morgan fingerprint density at radius 3 is 2.47 bits per heavy atom. The van der Waals surface area contributed by atoms with E-state index in [1.165, 1.54) is 4.90 Å². The number of imide groups is 1. The highest BCUT2D eigenvalue weighted by Gasteiger charge is 2.40. The number of piperidine rings is 3. The Morgan fingerprint density at radius 2 is 1.73 bits per heavy atom. The van der Waals surface area contributed by atoms with Crippen LogP contribution in [0.2, 0.25) is 0 Å². The summed E-state index contributed by atoms with van der Waals surface area (Å²) >= 11 is 0. The number of nitrogens with zero attached hydrogens (tertiary/aromatic N) is 3. The number of urea groups is 1. The Kier molecular flexibility index (Phi) is 9.81. The molecule has 6 rings (SSSR count). The minimum absolute atomic E-state index is 0.130. The molecule has 262 valence electrons. The molecule has 0 saturated carbocycles. The number of likely N-dealkylation sites (tertiary alicyclic amines) is 1. The third kappa shape index (κ3) is 7.49. The Hall–Kier alpha value is -4.30. The number of sulfonamides is 1. The summed E-state index contributed by atoms with van der Waals surface area (Å²) in [7, 11) is -3.53. The quantitative estimate of drug-likeness (QED) is 0.358. The molecule has 0 radical (unpaired) electrons. The van der Waals surface area contributed by atoms with Crippen molar-refractivity contribution in [3.8, 4) is 0 Å². The average molecular weight is 693 g/mol. The maximum absolute atomic E-state index is 13.3. The number of carbonyl (C=O) groups is 5. The fraction of sp³-hybridized carbons (Fsp3) is 0.514.